The van der Waals surface area contributed by atoms with Crippen molar-refractivity contribution in [1.29, 1.82) is 0 Å². The van der Waals surface area contributed by atoms with Crippen molar-refractivity contribution in [2.45, 2.75) is 6.42 Å². The second-order valence-corrected chi connectivity index (χ2v) is 9.09. The highest BCUT2D eigenvalue weighted by Crippen LogP contribution is 2.37. The molecule has 0 spiro atoms. The molecule has 2 aliphatic rings. The van der Waals surface area contributed by atoms with E-state index in [-0.39, 0.29) is 6.54 Å². The molecule has 3 heterocycles. The van der Waals surface area contributed by atoms with Crippen LogP contribution in [0.1, 0.15) is 5.56 Å². The maximum atomic E-state index is 13.3. The van der Waals surface area contributed by atoms with Crippen LogP contribution in [-0.2, 0) is 21.4 Å². The van der Waals surface area contributed by atoms with E-state index in [1.54, 1.807) is 0 Å². The molecule has 1 amide bonds. The van der Waals surface area contributed by atoms with Crippen molar-refractivity contribution in [2.75, 3.05) is 26.2 Å². The fraction of sp³-hybridized carbons (Fsp3) is 0.227. The van der Waals surface area contributed by atoms with Crippen LogP contribution in [0.3, 0.4) is 0 Å². The van der Waals surface area contributed by atoms with Gasteiger partial charge in [-0.15, -0.1) is 0 Å². The Morgan fingerprint density at radius 3 is 2.58 bits per heavy atom. The Morgan fingerprint density at radius 1 is 0.903 bits per heavy atom. The first-order chi connectivity index (χ1) is 15.0. The number of amides is 1. The number of carbonyl (C=O) groups excluding carboxylic acids is 1. The number of nitrogens with one attached hydrogen (secondary N) is 4. The summed E-state index contributed by atoms with van der Waals surface area (Å²) in [5, 5.41) is 7.66. The van der Waals surface area contributed by atoms with Gasteiger partial charge in [0, 0.05) is 43.5 Å². The first kappa shape index (κ1) is 19.8. The van der Waals surface area contributed by atoms with Crippen molar-refractivity contribution in [2.24, 2.45) is 0 Å². The van der Waals surface area contributed by atoms with Crippen LogP contribution in [0.25, 0.3) is 28.0 Å². The van der Waals surface area contributed by atoms with E-state index in [9.17, 15) is 13.2 Å². The summed E-state index contributed by atoms with van der Waals surface area (Å²) in [5.41, 5.74) is 4.26. The molecule has 1 aromatic heterocycles. The summed E-state index contributed by atoms with van der Waals surface area (Å²) in [6, 6.07) is 18.0. The molecule has 2 aromatic carbocycles. The maximum absolute atomic E-state index is 13.3. The molecule has 9 heteroatoms. The second kappa shape index (κ2) is 7.84. The largest absolute Gasteiger partial charge is 0.369 e. The standard InChI is InChI=1S/C22H23N5O3S/c28-22-18-13-15-5-1-3-7-17(15)20-14-16-6-2-4-8-19(16)27(20)21(18)24-11-9-23-10-12-25-31(29,30)26-22/h1-8,14,23-25H,9-13H2,(H,26,28). The quantitative estimate of drug-likeness (QED) is 0.423. The SMILES string of the molecule is O=C1NS(=O)(=O)NCCNCCNC2=C1Cc1ccccc1-c1cc3ccccc3n12. The number of para-hydroxylation sites is 1. The summed E-state index contributed by atoms with van der Waals surface area (Å²) in [6.07, 6.45) is 0.309. The number of nitrogens with zero attached hydrogens (tertiary/aromatic N) is 1. The van der Waals surface area contributed by atoms with Crippen molar-refractivity contribution in [3.63, 3.8) is 0 Å². The maximum Gasteiger partial charge on any atom is 0.301 e. The van der Waals surface area contributed by atoms with Crippen molar-refractivity contribution < 1.29 is 13.2 Å². The third kappa shape index (κ3) is 3.71. The molecule has 5 rings (SSSR count). The lowest BCUT2D eigenvalue weighted by Crippen LogP contribution is -2.45. The van der Waals surface area contributed by atoms with Crippen molar-refractivity contribution >= 4 is 32.8 Å². The van der Waals surface area contributed by atoms with E-state index >= 15 is 0 Å². The van der Waals surface area contributed by atoms with E-state index in [0.717, 1.165) is 27.7 Å². The molecule has 0 bridgehead atoms. The summed E-state index contributed by atoms with van der Waals surface area (Å²) < 4.78 is 31.4. The number of hydrogen-bond acceptors (Lipinski definition) is 5. The summed E-state index contributed by atoms with van der Waals surface area (Å²) in [4.78, 5) is 13.3. The van der Waals surface area contributed by atoms with Crippen molar-refractivity contribution in [3.05, 3.63) is 65.7 Å². The van der Waals surface area contributed by atoms with E-state index in [4.69, 9.17) is 0 Å². The van der Waals surface area contributed by atoms with Crippen LogP contribution >= 0.6 is 0 Å². The normalized spacial score (nSPS) is 19.0. The van der Waals surface area contributed by atoms with Crippen molar-refractivity contribution in [3.8, 4) is 11.3 Å². The molecule has 31 heavy (non-hydrogen) atoms. The van der Waals surface area contributed by atoms with Gasteiger partial charge in [0.25, 0.3) is 5.91 Å². The fourth-order valence-corrected chi connectivity index (χ4v) is 5.00. The van der Waals surface area contributed by atoms with Gasteiger partial charge >= 0.3 is 10.2 Å². The third-order valence-corrected chi connectivity index (χ3v) is 6.61. The molecule has 4 N–H and O–H groups in total. The van der Waals surface area contributed by atoms with Gasteiger partial charge in [-0.05, 0) is 17.7 Å². The Balaban J connectivity index is 1.77. The monoisotopic (exact) mass is 437 g/mol. The molecule has 0 saturated carbocycles. The third-order valence-electron chi connectivity index (χ3n) is 5.57. The highest BCUT2D eigenvalue weighted by molar-refractivity contribution is 7.88. The minimum atomic E-state index is -3.97. The zero-order chi connectivity index (χ0) is 21.4. The Morgan fingerprint density at radius 2 is 1.68 bits per heavy atom. The summed E-state index contributed by atoms with van der Waals surface area (Å²) in [5.74, 6) is -0.0357. The number of benzene rings is 2. The van der Waals surface area contributed by atoms with Gasteiger partial charge in [-0.25, -0.2) is 4.72 Å². The van der Waals surface area contributed by atoms with Crippen LogP contribution in [0.5, 0.6) is 0 Å². The van der Waals surface area contributed by atoms with E-state index < -0.39 is 16.1 Å². The molecule has 2 aliphatic heterocycles. The Labute approximate surface area is 180 Å². The summed E-state index contributed by atoms with van der Waals surface area (Å²) in [7, 11) is -3.97. The molecule has 160 valence electrons. The van der Waals surface area contributed by atoms with Gasteiger partial charge in [0.1, 0.15) is 5.82 Å². The molecular weight excluding hydrogens is 414 g/mol. The van der Waals surface area contributed by atoms with Gasteiger partial charge < -0.3 is 10.6 Å². The zero-order valence-corrected chi connectivity index (χ0v) is 17.6. The molecule has 3 aromatic rings. The number of hydrogen-bond donors (Lipinski definition) is 4. The number of rotatable bonds is 0. The summed E-state index contributed by atoms with van der Waals surface area (Å²) >= 11 is 0. The lowest BCUT2D eigenvalue weighted by atomic mass is 9.98. The molecule has 0 aliphatic carbocycles. The van der Waals surface area contributed by atoms with Gasteiger partial charge in [0.2, 0.25) is 0 Å². The minimum absolute atomic E-state index is 0.198. The molecular formula is C22H23N5O3S. The van der Waals surface area contributed by atoms with Gasteiger partial charge in [-0.2, -0.15) is 13.1 Å². The predicted octanol–water partition coefficient (Wildman–Crippen LogP) is 1.18. The highest BCUT2D eigenvalue weighted by Gasteiger charge is 2.28. The van der Waals surface area contributed by atoms with E-state index in [1.165, 1.54) is 0 Å². The Bertz CT molecular complexity index is 1310. The molecule has 0 saturated heterocycles. The van der Waals surface area contributed by atoms with Crippen LogP contribution in [0.4, 0.5) is 0 Å². The number of fused-ring (bicyclic) bond motifs is 6. The van der Waals surface area contributed by atoms with E-state index in [1.807, 2.05) is 53.1 Å². The highest BCUT2D eigenvalue weighted by atomic mass is 32.2. The van der Waals surface area contributed by atoms with E-state index in [2.05, 4.69) is 26.1 Å². The van der Waals surface area contributed by atoms with Gasteiger partial charge in [0.15, 0.2) is 0 Å². The fourth-order valence-electron chi connectivity index (χ4n) is 4.19. The van der Waals surface area contributed by atoms with Crippen LogP contribution in [-0.4, -0.2) is 45.1 Å². The molecule has 8 nitrogen and oxygen atoms in total. The van der Waals surface area contributed by atoms with Crippen LogP contribution in [0.2, 0.25) is 0 Å². The van der Waals surface area contributed by atoms with Gasteiger partial charge in [-0.1, -0.05) is 42.5 Å². The minimum Gasteiger partial charge on any atom is -0.369 e. The molecule has 0 radical (unpaired) electrons. The predicted molar refractivity (Wildman–Crippen MR) is 120 cm³/mol. The zero-order valence-electron chi connectivity index (χ0n) is 16.8. The van der Waals surface area contributed by atoms with Crippen LogP contribution in [0.15, 0.2) is 60.2 Å². The lowest BCUT2D eigenvalue weighted by molar-refractivity contribution is -0.115. The average Bonchev–Trinajstić information content (AvgIpc) is 3.06. The lowest BCUT2D eigenvalue weighted by Gasteiger charge is -2.20. The molecule has 0 unspecified atom stereocenters. The van der Waals surface area contributed by atoms with E-state index in [0.29, 0.717) is 37.4 Å². The number of aromatic nitrogens is 1. The van der Waals surface area contributed by atoms with Crippen LogP contribution < -0.4 is 20.1 Å². The summed E-state index contributed by atoms with van der Waals surface area (Å²) in [6.45, 7) is 1.87. The average molecular weight is 438 g/mol. The topological polar surface area (TPSA) is 104 Å². The first-order valence-corrected chi connectivity index (χ1v) is 11.7. The second-order valence-electron chi connectivity index (χ2n) is 7.59. The smallest absolute Gasteiger partial charge is 0.301 e. The Kier molecular flexibility index (Phi) is 5.01. The Hall–Kier alpha value is -3.14. The van der Waals surface area contributed by atoms with Gasteiger partial charge in [0.05, 0.1) is 16.8 Å². The van der Waals surface area contributed by atoms with Crippen LogP contribution in [0, 0.1) is 0 Å². The molecule has 0 fully saturated rings. The molecule has 0 atom stereocenters. The van der Waals surface area contributed by atoms with Gasteiger partial charge in [-0.3, -0.25) is 9.36 Å². The van der Waals surface area contributed by atoms with Crippen molar-refractivity contribution in [1.82, 2.24) is 24.6 Å². The first-order valence-electron chi connectivity index (χ1n) is 10.2. The number of carbonyl (C=O) groups is 1.